The average Bonchev–Trinajstić information content (AvgIpc) is 1.59. The molecular formula is C122H79N9. The van der Waals surface area contributed by atoms with E-state index in [4.69, 9.17) is 19.9 Å². The van der Waals surface area contributed by atoms with Crippen LogP contribution in [0.25, 0.3) is 239 Å². The Morgan fingerprint density at radius 3 is 0.626 bits per heavy atom. The number of para-hydroxylation sites is 8. The maximum absolute atomic E-state index is 5.37. The molecule has 7 aromatic heterocycles. The first-order valence-electron chi connectivity index (χ1n) is 44.6. The van der Waals surface area contributed by atoms with Crippen LogP contribution in [0.3, 0.4) is 0 Å². The minimum Gasteiger partial charge on any atom is -0.309 e. The van der Waals surface area contributed by atoms with Gasteiger partial charge in [-0.15, -0.1) is 0 Å². The first-order chi connectivity index (χ1) is 64.9. The summed E-state index contributed by atoms with van der Waals surface area (Å²) in [6.07, 6.45) is 0. The number of hydrogen-bond acceptors (Lipinski definition) is 4. The Balaban J connectivity index is 0.000000142. The van der Waals surface area contributed by atoms with Gasteiger partial charge in [0.15, 0.2) is 11.6 Å². The molecule has 26 rings (SSSR count). The van der Waals surface area contributed by atoms with E-state index in [-0.39, 0.29) is 0 Å². The van der Waals surface area contributed by atoms with Gasteiger partial charge >= 0.3 is 0 Å². The largest absolute Gasteiger partial charge is 0.309 e. The minimum absolute atomic E-state index is 0.683. The van der Waals surface area contributed by atoms with Crippen molar-refractivity contribution in [2.45, 2.75) is 0 Å². The van der Waals surface area contributed by atoms with Gasteiger partial charge in [-0.3, -0.25) is 0 Å². The Labute approximate surface area is 755 Å². The quantitative estimate of drug-likeness (QED) is 0.109. The summed E-state index contributed by atoms with van der Waals surface area (Å²) in [7, 11) is 0. The van der Waals surface area contributed by atoms with Gasteiger partial charge in [0, 0.05) is 116 Å². The summed E-state index contributed by atoms with van der Waals surface area (Å²) >= 11 is 0. The van der Waals surface area contributed by atoms with Gasteiger partial charge in [0.25, 0.3) is 0 Å². The molecule has 131 heavy (non-hydrogen) atoms. The average molecular weight is 1670 g/mol. The first kappa shape index (κ1) is 75.8. The molecule has 9 nitrogen and oxygen atoms in total. The third-order valence-electron chi connectivity index (χ3n) is 26.0. The molecule has 0 amide bonds. The fourth-order valence-electron chi connectivity index (χ4n) is 19.9. The Kier molecular flexibility index (Phi) is 18.4. The molecule has 0 saturated carbocycles. The van der Waals surface area contributed by atoms with Crippen molar-refractivity contribution in [1.29, 1.82) is 0 Å². The molecular weight excluding hydrogens is 1590 g/mol. The van der Waals surface area contributed by atoms with Crippen LogP contribution in [0, 0.1) is 0 Å². The number of benzene rings is 19. The number of fused-ring (bicyclic) bond motifs is 15. The molecule has 26 aromatic rings. The summed E-state index contributed by atoms with van der Waals surface area (Å²) in [5.74, 6) is 1.40. The van der Waals surface area contributed by atoms with Gasteiger partial charge in [-0.1, -0.05) is 328 Å². The van der Waals surface area contributed by atoms with E-state index in [1.54, 1.807) is 0 Å². The summed E-state index contributed by atoms with van der Waals surface area (Å²) in [5.41, 5.74) is 34.0. The predicted octanol–water partition coefficient (Wildman–Crippen LogP) is 31.4. The molecule has 0 aliphatic carbocycles. The fraction of sp³-hybridized carbons (Fsp3) is 0. The van der Waals surface area contributed by atoms with Crippen molar-refractivity contribution in [1.82, 2.24) is 42.8 Å². The Bertz CT molecular complexity index is 8750. The van der Waals surface area contributed by atoms with Gasteiger partial charge in [0.1, 0.15) is 0 Å². The van der Waals surface area contributed by atoms with Crippen LogP contribution in [0.4, 0.5) is 0 Å². The summed E-state index contributed by atoms with van der Waals surface area (Å²) in [6, 6.07) is 172. The van der Waals surface area contributed by atoms with Gasteiger partial charge in [-0.05, 0) is 185 Å². The van der Waals surface area contributed by atoms with Crippen molar-refractivity contribution in [2.75, 3.05) is 0 Å². The standard InChI is InChI=1S/C64H41N5.C58H38N4/c1-4-18-42(19-5-1)56-41-57(66-64(65-56)43-20-6-2-7-21-43)46-36-48(68-58-28-14-10-24-50(58)51-25-11-15-29-59(51)68)40-49(37-46)69-61-31-17-13-27-53(61)55-39-45(33-35-63(55)69)44-32-34-62-54(38-44)52-26-12-16-30-60(52)67(62)47-22-8-3-9-23-47;1-4-14-41(15-5-1)52-38-53(60-58(59-52)43-16-6-2-7-17-43)42-26-24-39(25-27-42)40-28-32-47(33-29-40)62-55-23-13-11-21-49(55)51-37-45(31-35-57(51)62)44-30-34-56-50(36-44)48-20-10-12-22-54(48)61(56)46-18-8-3-9-19-46/h1-41H;1-38H. The lowest BCUT2D eigenvalue weighted by atomic mass is 10.0. The second kappa shape index (κ2) is 31.8. The van der Waals surface area contributed by atoms with Gasteiger partial charge in [0.05, 0.1) is 77.9 Å². The van der Waals surface area contributed by atoms with Crippen molar-refractivity contribution in [3.05, 3.63) is 479 Å². The molecule has 0 saturated heterocycles. The first-order valence-corrected chi connectivity index (χ1v) is 44.6. The van der Waals surface area contributed by atoms with E-state index in [0.29, 0.717) is 11.6 Å². The van der Waals surface area contributed by atoms with Gasteiger partial charge < -0.3 is 22.8 Å². The lowest BCUT2D eigenvalue weighted by Gasteiger charge is -2.16. The summed E-state index contributed by atoms with van der Waals surface area (Å²) in [4.78, 5) is 20.5. The number of rotatable bonds is 14. The molecule has 0 spiro atoms. The molecule has 0 unspecified atom stereocenters. The van der Waals surface area contributed by atoms with E-state index in [1.807, 2.05) is 60.7 Å². The van der Waals surface area contributed by atoms with Crippen molar-refractivity contribution in [3.8, 4) is 130 Å². The van der Waals surface area contributed by atoms with Crippen LogP contribution < -0.4 is 0 Å². The molecule has 0 atom stereocenters. The van der Waals surface area contributed by atoms with Crippen LogP contribution in [0.15, 0.2) is 479 Å². The predicted molar refractivity (Wildman–Crippen MR) is 545 cm³/mol. The van der Waals surface area contributed by atoms with Crippen molar-refractivity contribution in [2.24, 2.45) is 0 Å². The van der Waals surface area contributed by atoms with Crippen LogP contribution in [0.1, 0.15) is 0 Å². The Morgan fingerprint density at radius 1 is 0.115 bits per heavy atom. The maximum atomic E-state index is 5.37. The van der Waals surface area contributed by atoms with Crippen molar-refractivity contribution < 1.29 is 0 Å². The van der Waals surface area contributed by atoms with Crippen molar-refractivity contribution in [3.63, 3.8) is 0 Å². The molecule has 0 bridgehead atoms. The topological polar surface area (TPSA) is 76.2 Å². The van der Waals surface area contributed by atoms with Crippen LogP contribution in [-0.4, -0.2) is 42.8 Å². The summed E-state index contributed by atoms with van der Waals surface area (Å²) < 4.78 is 12.0. The highest BCUT2D eigenvalue weighted by Crippen LogP contribution is 2.45. The molecule has 612 valence electrons. The van der Waals surface area contributed by atoms with Crippen LogP contribution in [0.5, 0.6) is 0 Å². The van der Waals surface area contributed by atoms with E-state index >= 15 is 0 Å². The van der Waals surface area contributed by atoms with Crippen LogP contribution >= 0.6 is 0 Å². The molecule has 0 aliphatic rings. The summed E-state index contributed by atoms with van der Waals surface area (Å²) in [5, 5.41) is 12.3. The van der Waals surface area contributed by atoms with Gasteiger partial charge in [-0.2, -0.15) is 0 Å². The second-order valence-corrected chi connectivity index (χ2v) is 33.6. The van der Waals surface area contributed by atoms with Crippen molar-refractivity contribution >= 4 is 109 Å². The maximum Gasteiger partial charge on any atom is 0.160 e. The van der Waals surface area contributed by atoms with Gasteiger partial charge in [0.2, 0.25) is 0 Å². The lowest BCUT2D eigenvalue weighted by molar-refractivity contribution is 1.13. The summed E-state index contributed by atoms with van der Waals surface area (Å²) in [6.45, 7) is 0. The van der Waals surface area contributed by atoms with Crippen LogP contribution in [-0.2, 0) is 0 Å². The highest BCUT2D eigenvalue weighted by molar-refractivity contribution is 6.16. The zero-order chi connectivity index (χ0) is 86.4. The highest BCUT2D eigenvalue weighted by atomic mass is 15.0. The van der Waals surface area contributed by atoms with Crippen LogP contribution in [0.2, 0.25) is 0 Å². The second-order valence-electron chi connectivity index (χ2n) is 33.6. The number of nitrogens with zero attached hydrogens (tertiary/aromatic N) is 9. The lowest BCUT2D eigenvalue weighted by Crippen LogP contribution is -2.01. The normalized spacial score (nSPS) is 11.7. The Hall–Kier alpha value is -17.7. The fourth-order valence-corrected chi connectivity index (χ4v) is 19.9. The van der Waals surface area contributed by atoms with E-state index in [1.165, 1.54) is 115 Å². The van der Waals surface area contributed by atoms with E-state index in [9.17, 15) is 0 Å². The molecule has 9 heteroatoms. The third kappa shape index (κ3) is 13.3. The Morgan fingerprint density at radius 2 is 0.321 bits per heavy atom. The smallest absolute Gasteiger partial charge is 0.160 e. The number of aromatic nitrogens is 9. The molecule has 19 aromatic carbocycles. The molecule has 0 aliphatic heterocycles. The third-order valence-corrected chi connectivity index (χ3v) is 26.0. The van der Waals surface area contributed by atoms with Gasteiger partial charge in [-0.25, -0.2) is 19.9 Å². The molecule has 0 radical (unpaired) electrons. The minimum atomic E-state index is 0.683. The van der Waals surface area contributed by atoms with E-state index in [2.05, 4.69) is 441 Å². The molecule has 0 N–H and O–H groups in total. The van der Waals surface area contributed by atoms with E-state index in [0.717, 1.165) is 112 Å². The SMILES string of the molecule is c1ccc(-c2cc(-c3cc(-n4c5ccccc5c5ccccc54)cc(-n4c5ccccc5c5cc(-c6ccc7c(c6)c6ccccc6n7-c6ccccc6)ccc54)c3)nc(-c3ccccc3)n2)cc1.c1ccc(-c2cc(-c3ccc(-c4ccc(-n5c6ccccc6c6cc(-c7ccc8c(c7)c7ccccc7n8-c7ccccc7)ccc65)cc4)cc3)nc(-c3ccccc3)n2)cc1. The zero-order valence-electron chi connectivity index (χ0n) is 71.1. The molecule has 0 fully saturated rings. The molecule has 7 heterocycles. The monoisotopic (exact) mass is 1670 g/mol. The highest BCUT2D eigenvalue weighted by Gasteiger charge is 2.24. The zero-order valence-corrected chi connectivity index (χ0v) is 71.1. The number of hydrogen-bond donors (Lipinski definition) is 0. The van der Waals surface area contributed by atoms with E-state index < -0.39 is 0 Å².